The summed E-state index contributed by atoms with van der Waals surface area (Å²) in [5.41, 5.74) is 1.73. The van der Waals surface area contributed by atoms with E-state index in [-0.39, 0.29) is 5.76 Å². The lowest BCUT2D eigenvalue weighted by Gasteiger charge is -2.10. The molecule has 2 heterocycles. The van der Waals surface area contributed by atoms with Crippen LogP contribution in [0.1, 0.15) is 35.4 Å². The Hall–Kier alpha value is -1.85. The van der Waals surface area contributed by atoms with E-state index in [9.17, 15) is 4.79 Å². The summed E-state index contributed by atoms with van der Waals surface area (Å²) in [6, 6.07) is 7.30. The van der Waals surface area contributed by atoms with Gasteiger partial charge >= 0.3 is 5.97 Å². The quantitative estimate of drug-likeness (QED) is 0.800. The van der Waals surface area contributed by atoms with E-state index in [1.165, 1.54) is 12.8 Å². The molecule has 1 unspecified atom stereocenters. The Balaban J connectivity index is 1.55. The molecule has 2 aromatic rings. The molecule has 0 amide bonds. The largest absolute Gasteiger partial charge is 0.475 e. The number of nitrogens with one attached hydrogen (secondary N) is 1. The minimum Gasteiger partial charge on any atom is -0.475 e. The first kappa shape index (κ1) is 14.1. The normalized spacial score (nSPS) is 18.4. The number of carboxylic acid groups (broad SMARTS) is 1. The Bertz CT molecular complexity index is 628. The van der Waals surface area contributed by atoms with Crippen LogP contribution in [-0.4, -0.2) is 30.3 Å². The van der Waals surface area contributed by atoms with Gasteiger partial charge in [-0.05, 0) is 49.6 Å². The Morgan fingerprint density at radius 3 is 3.05 bits per heavy atom. The molecule has 0 bridgehead atoms. The molecule has 1 saturated heterocycles. The van der Waals surface area contributed by atoms with Crippen molar-refractivity contribution in [2.45, 2.75) is 31.9 Å². The van der Waals surface area contributed by atoms with Gasteiger partial charge in [0.15, 0.2) is 0 Å². The SMILES string of the molecule is O=C(O)c1cc2cc(CNCCC3CCCO3)ccc2o1. The second-order valence-electron chi connectivity index (χ2n) is 5.39. The number of rotatable bonds is 6. The van der Waals surface area contributed by atoms with Crippen molar-refractivity contribution in [3.63, 3.8) is 0 Å². The number of furan rings is 1. The van der Waals surface area contributed by atoms with Crippen molar-refractivity contribution in [1.29, 1.82) is 0 Å². The fourth-order valence-corrected chi connectivity index (χ4v) is 2.68. The minimum atomic E-state index is -1.04. The van der Waals surface area contributed by atoms with Crippen LogP contribution in [0.3, 0.4) is 0 Å². The summed E-state index contributed by atoms with van der Waals surface area (Å²) >= 11 is 0. The Labute approximate surface area is 122 Å². The van der Waals surface area contributed by atoms with E-state index >= 15 is 0 Å². The number of carboxylic acids is 1. The summed E-state index contributed by atoms with van der Waals surface area (Å²) in [5, 5.41) is 13.1. The Kier molecular flexibility index (Phi) is 4.22. The third-order valence-corrected chi connectivity index (χ3v) is 3.79. The van der Waals surface area contributed by atoms with E-state index in [4.69, 9.17) is 14.3 Å². The second kappa shape index (κ2) is 6.28. The molecule has 21 heavy (non-hydrogen) atoms. The number of fused-ring (bicyclic) bond motifs is 1. The molecule has 3 rings (SSSR count). The van der Waals surface area contributed by atoms with Gasteiger partial charge in [0, 0.05) is 18.5 Å². The first-order valence-corrected chi connectivity index (χ1v) is 7.30. The second-order valence-corrected chi connectivity index (χ2v) is 5.39. The molecule has 112 valence electrons. The molecule has 1 aromatic heterocycles. The number of hydrogen-bond acceptors (Lipinski definition) is 4. The summed E-state index contributed by atoms with van der Waals surface area (Å²) in [5.74, 6) is -1.06. The first-order chi connectivity index (χ1) is 10.2. The third-order valence-electron chi connectivity index (χ3n) is 3.79. The van der Waals surface area contributed by atoms with Crippen molar-refractivity contribution >= 4 is 16.9 Å². The lowest BCUT2D eigenvalue weighted by atomic mass is 10.1. The maximum atomic E-state index is 10.9. The van der Waals surface area contributed by atoms with Crippen LogP contribution in [0.25, 0.3) is 11.0 Å². The fraction of sp³-hybridized carbons (Fsp3) is 0.438. The van der Waals surface area contributed by atoms with Crippen molar-refractivity contribution in [1.82, 2.24) is 5.32 Å². The van der Waals surface area contributed by atoms with Gasteiger partial charge in [-0.2, -0.15) is 0 Å². The van der Waals surface area contributed by atoms with Crippen molar-refractivity contribution in [2.24, 2.45) is 0 Å². The maximum absolute atomic E-state index is 10.9. The molecular weight excluding hydrogens is 270 g/mol. The summed E-state index contributed by atoms with van der Waals surface area (Å²) in [7, 11) is 0. The van der Waals surface area contributed by atoms with Crippen LogP contribution in [0.5, 0.6) is 0 Å². The molecule has 1 aromatic carbocycles. The summed E-state index contributed by atoms with van der Waals surface area (Å²) in [4.78, 5) is 10.9. The summed E-state index contributed by atoms with van der Waals surface area (Å²) in [6.07, 6.45) is 3.79. The van der Waals surface area contributed by atoms with Crippen LogP contribution in [-0.2, 0) is 11.3 Å². The molecule has 2 N–H and O–H groups in total. The van der Waals surface area contributed by atoms with Crippen molar-refractivity contribution in [3.05, 3.63) is 35.6 Å². The van der Waals surface area contributed by atoms with Gasteiger partial charge in [0.25, 0.3) is 0 Å². The maximum Gasteiger partial charge on any atom is 0.371 e. The highest BCUT2D eigenvalue weighted by Gasteiger charge is 2.14. The summed E-state index contributed by atoms with van der Waals surface area (Å²) < 4.78 is 10.8. The minimum absolute atomic E-state index is 0.0199. The molecule has 0 radical (unpaired) electrons. The Morgan fingerprint density at radius 1 is 1.38 bits per heavy atom. The number of aromatic carboxylic acids is 1. The van der Waals surface area contributed by atoms with Gasteiger partial charge in [-0.1, -0.05) is 6.07 Å². The number of carbonyl (C=O) groups is 1. The standard InChI is InChI=1S/C16H19NO4/c18-16(19)15-9-12-8-11(3-4-14(12)21-15)10-17-6-5-13-2-1-7-20-13/h3-4,8-9,13,17H,1-2,5-7,10H2,(H,18,19). The van der Waals surface area contributed by atoms with Crippen molar-refractivity contribution in [3.8, 4) is 0 Å². The van der Waals surface area contributed by atoms with E-state index in [0.29, 0.717) is 11.7 Å². The van der Waals surface area contributed by atoms with Gasteiger partial charge in [-0.25, -0.2) is 4.79 Å². The highest BCUT2D eigenvalue weighted by molar-refractivity contribution is 5.91. The number of benzene rings is 1. The molecule has 0 aliphatic carbocycles. The topological polar surface area (TPSA) is 71.7 Å². The van der Waals surface area contributed by atoms with Crippen molar-refractivity contribution in [2.75, 3.05) is 13.2 Å². The molecule has 5 nitrogen and oxygen atoms in total. The smallest absolute Gasteiger partial charge is 0.371 e. The lowest BCUT2D eigenvalue weighted by Crippen LogP contribution is -2.19. The number of ether oxygens (including phenoxy) is 1. The predicted octanol–water partition coefficient (Wildman–Crippen LogP) is 2.79. The monoisotopic (exact) mass is 289 g/mol. The Morgan fingerprint density at radius 2 is 2.29 bits per heavy atom. The molecule has 1 fully saturated rings. The van der Waals surface area contributed by atoms with E-state index in [1.807, 2.05) is 18.2 Å². The molecule has 0 saturated carbocycles. The van der Waals surface area contributed by atoms with Gasteiger partial charge < -0.3 is 19.6 Å². The predicted molar refractivity (Wildman–Crippen MR) is 78.5 cm³/mol. The van der Waals surface area contributed by atoms with Gasteiger partial charge in [-0.3, -0.25) is 0 Å². The van der Waals surface area contributed by atoms with Crippen LogP contribution in [0.2, 0.25) is 0 Å². The molecule has 0 spiro atoms. The molecule has 1 aliphatic rings. The van der Waals surface area contributed by atoms with Crippen LogP contribution < -0.4 is 5.32 Å². The van der Waals surface area contributed by atoms with Crippen LogP contribution in [0.15, 0.2) is 28.7 Å². The van der Waals surface area contributed by atoms with E-state index in [1.54, 1.807) is 6.07 Å². The highest BCUT2D eigenvalue weighted by Crippen LogP contribution is 2.21. The molecular formula is C16H19NO4. The van der Waals surface area contributed by atoms with Crippen LogP contribution >= 0.6 is 0 Å². The van der Waals surface area contributed by atoms with Crippen LogP contribution in [0.4, 0.5) is 0 Å². The van der Waals surface area contributed by atoms with E-state index < -0.39 is 5.97 Å². The van der Waals surface area contributed by atoms with Gasteiger partial charge in [-0.15, -0.1) is 0 Å². The van der Waals surface area contributed by atoms with Crippen LogP contribution in [0, 0.1) is 0 Å². The summed E-state index contributed by atoms with van der Waals surface area (Å²) in [6.45, 7) is 2.58. The molecule has 5 heteroatoms. The van der Waals surface area contributed by atoms with E-state index in [0.717, 1.165) is 37.1 Å². The van der Waals surface area contributed by atoms with E-state index in [2.05, 4.69) is 5.32 Å². The van der Waals surface area contributed by atoms with Gasteiger partial charge in [0.2, 0.25) is 5.76 Å². The third kappa shape index (κ3) is 3.43. The molecule has 1 aliphatic heterocycles. The molecule has 1 atom stereocenters. The van der Waals surface area contributed by atoms with Crippen molar-refractivity contribution < 1.29 is 19.1 Å². The van der Waals surface area contributed by atoms with Gasteiger partial charge in [0.05, 0.1) is 6.10 Å². The lowest BCUT2D eigenvalue weighted by molar-refractivity contribution is 0.0665. The zero-order valence-corrected chi connectivity index (χ0v) is 11.8. The first-order valence-electron chi connectivity index (χ1n) is 7.30. The van der Waals surface area contributed by atoms with Gasteiger partial charge in [0.1, 0.15) is 5.58 Å². The average molecular weight is 289 g/mol. The highest BCUT2D eigenvalue weighted by atomic mass is 16.5. The average Bonchev–Trinajstić information content (AvgIpc) is 3.12. The number of hydrogen-bond donors (Lipinski definition) is 2. The zero-order valence-electron chi connectivity index (χ0n) is 11.8. The fourth-order valence-electron chi connectivity index (χ4n) is 2.68. The zero-order chi connectivity index (χ0) is 14.7.